The van der Waals surface area contributed by atoms with Gasteiger partial charge < -0.3 is 15.2 Å². The molecule has 0 aromatic heterocycles. The van der Waals surface area contributed by atoms with Crippen LogP contribution in [0.2, 0.25) is 10.0 Å². The van der Waals surface area contributed by atoms with Gasteiger partial charge in [-0.3, -0.25) is 4.79 Å². The number of hydrogen-bond donors (Lipinski definition) is 2. The lowest BCUT2D eigenvalue weighted by atomic mass is 9.98. The van der Waals surface area contributed by atoms with Gasteiger partial charge in [0.1, 0.15) is 0 Å². The number of aliphatic carboxylic acids is 1. The molecule has 108 valence electrons. The van der Waals surface area contributed by atoms with Gasteiger partial charge in [-0.1, -0.05) is 29.3 Å². The van der Waals surface area contributed by atoms with E-state index in [2.05, 4.69) is 5.32 Å². The molecule has 0 radical (unpaired) electrons. The van der Waals surface area contributed by atoms with E-state index >= 15 is 0 Å². The molecular formula is C13H13Cl2NO4. The summed E-state index contributed by atoms with van der Waals surface area (Å²) in [5.74, 6) is -1.51. The zero-order valence-electron chi connectivity index (χ0n) is 10.5. The molecular weight excluding hydrogens is 305 g/mol. The van der Waals surface area contributed by atoms with E-state index in [1.165, 1.54) is 6.07 Å². The number of rotatable bonds is 4. The highest BCUT2D eigenvalue weighted by Crippen LogP contribution is 2.23. The third-order valence-corrected chi connectivity index (χ3v) is 3.76. The largest absolute Gasteiger partial charge is 0.479 e. The van der Waals surface area contributed by atoms with Crippen molar-refractivity contribution in [3.8, 4) is 0 Å². The summed E-state index contributed by atoms with van der Waals surface area (Å²) in [6.07, 6.45) is 0.244. The van der Waals surface area contributed by atoms with E-state index in [0.29, 0.717) is 22.2 Å². The van der Waals surface area contributed by atoms with Gasteiger partial charge in [0, 0.05) is 23.1 Å². The van der Waals surface area contributed by atoms with Crippen molar-refractivity contribution in [1.82, 2.24) is 5.32 Å². The zero-order chi connectivity index (χ0) is 14.8. The number of halogens is 2. The lowest BCUT2D eigenvalue weighted by Gasteiger charge is -2.23. The second-order valence-electron chi connectivity index (χ2n) is 4.65. The van der Waals surface area contributed by atoms with Gasteiger partial charge >= 0.3 is 5.97 Å². The Morgan fingerprint density at radius 1 is 1.40 bits per heavy atom. The molecule has 2 rings (SSSR count). The third kappa shape index (κ3) is 3.23. The van der Waals surface area contributed by atoms with Crippen LogP contribution in [-0.2, 0) is 20.7 Å². The zero-order valence-corrected chi connectivity index (χ0v) is 12.0. The Balaban J connectivity index is 2.07. The third-order valence-electron chi connectivity index (χ3n) is 3.18. The maximum absolute atomic E-state index is 12.0. The van der Waals surface area contributed by atoms with Gasteiger partial charge in [0.05, 0.1) is 13.0 Å². The summed E-state index contributed by atoms with van der Waals surface area (Å²) < 4.78 is 5.07. The number of nitrogens with one attached hydrogen (secondary N) is 1. The van der Waals surface area contributed by atoms with Crippen LogP contribution < -0.4 is 5.32 Å². The second kappa shape index (κ2) is 5.99. The maximum atomic E-state index is 12.0. The number of carboxylic acid groups (broad SMARTS) is 1. The van der Waals surface area contributed by atoms with Crippen LogP contribution in [0.15, 0.2) is 18.2 Å². The predicted molar refractivity (Wildman–Crippen MR) is 74.1 cm³/mol. The van der Waals surface area contributed by atoms with Crippen molar-refractivity contribution < 1.29 is 19.4 Å². The molecule has 1 aromatic rings. The molecule has 0 aliphatic carbocycles. The molecule has 5 nitrogen and oxygen atoms in total. The van der Waals surface area contributed by atoms with E-state index in [1.807, 2.05) is 0 Å². The number of amides is 1. The van der Waals surface area contributed by atoms with Crippen molar-refractivity contribution in [2.45, 2.75) is 18.4 Å². The molecule has 7 heteroatoms. The van der Waals surface area contributed by atoms with Crippen LogP contribution in [0, 0.1) is 0 Å². The molecule has 1 atom stereocenters. The van der Waals surface area contributed by atoms with Gasteiger partial charge in [-0.2, -0.15) is 0 Å². The monoisotopic (exact) mass is 317 g/mol. The van der Waals surface area contributed by atoms with Crippen LogP contribution in [0.3, 0.4) is 0 Å². The topological polar surface area (TPSA) is 75.6 Å². The molecule has 0 saturated carbocycles. The Bertz CT molecular complexity index is 541. The molecule has 1 aliphatic rings. The number of ether oxygens (including phenoxy) is 1. The Kier molecular flexibility index (Phi) is 4.52. The summed E-state index contributed by atoms with van der Waals surface area (Å²) in [6.45, 7) is 0.288. The van der Waals surface area contributed by atoms with Crippen LogP contribution in [0.1, 0.15) is 12.0 Å². The van der Waals surface area contributed by atoms with Gasteiger partial charge in [0.15, 0.2) is 5.54 Å². The molecule has 2 N–H and O–H groups in total. The first-order chi connectivity index (χ1) is 9.43. The van der Waals surface area contributed by atoms with Crippen LogP contribution in [-0.4, -0.2) is 35.7 Å². The smallest absolute Gasteiger partial charge is 0.331 e. The molecule has 1 unspecified atom stereocenters. The van der Waals surface area contributed by atoms with Gasteiger partial charge in [0.2, 0.25) is 5.91 Å². The summed E-state index contributed by atoms with van der Waals surface area (Å²) in [4.78, 5) is 23.3. The number of benzene rings is 1. The Labute approximate surface area is 125 Å². The Morgan fingerprint density at radius 2 is 2.15 bits per heavy atom. The van der Waals surface area contributed by atoms with Crippen LogP contribution >= 0.6 is 23.2 Å². The summed E-state index contributed by atoms with van der Waals surface area (Å²) in [7, 11) is 0. The average molecular weight is 318 g/mol. The SMILES string of the molecule is O=C(Cc1ccc(Cl)cc1Cl)NC1(C(=O)O)CCOC1. The standard InChI is InChI=1S/C13H13Cl2NO4/c14-9-2-1-8(10(15)6-9)5-11(17)16-13(12(18)19)3-4-20-7-13/h1-2,6H,3-5,7H2,(H,16,17)(H,18,19). The Morgan fingerprint density at radius 3 is 2.70 bits per heavy atom. The van der Waals surface area contributed by atoms with Crippen LogP contribution in [0.25, 0.3) is 0 Å². The Hall–Kier alpha value is -1.30. The molecule has 1 aromatic carbocycles. The molecule has 1 fully saturated rings. The fraction of sp³-hybridized carbons (Fsp3) is 0.385. The highest BCUT2D eigenvalue weighted by atomic mass is 35.5. The molecule has 20 heavy (non-hydrogen) atoms. The first-order valence-corrected chi connectivity index (χ1v) is 6.75. The molecule has 0 spiro atoms. The first-order valence-electron chi connectivity index (χ1n) is 5.99. The van der Waals surface area contributed by atoms with Crippen molar-refractivity contribution in [2.75, 3.05) is 13.2 Å². The number of hydrogen-bond acceptors (Lipinski definition) is 3. The quantitative estimate of drug-likeness (QED) is 0.889. The first kappa shape index (κ1) is 15.1. The number of carbonyl (C=O) groups excluding carboxylic acids is 1. The van der Waals surface area contributed by atoms with Crippen LogP contribution in [0.5, 0.6) is 0 Å². The minimum Gasteiger partial charge on any atom is -0.479 e. The van der Waals surface area contributed by atoms with E-state index in [9.17, 15) is 14.7 Å². The summed E-state index contributed by atoms with van der Waals surface area (Å²) in [5.41, 5.74) is -0.747. The van der Waals surface area contributed by atoms with E-state index in [0.717, 1.165) is 0 Å². The highest BCUT2D eigenvalue weighted by molar-refractivity contribution is 6.35. The highest BCUT2D eigenvalue weighted by Gasteiger charge is 2.43. The fourth-order valence-corrected chi connectivity index (χ4v) is 2.51. The predicted octanol–water partition coefficient (Wildman–Crippen LogP) is 1.90. The van der Waals surface area contributed by atoms with Gasteiger partial charge in [-0.05, 0) is 17.7 Å². The van der Waals surface area contributed by atoms with Crippen LogP contribution in [0.4, 0.5) is 0 Å². The van der Waals surface area contributed by atoms with Crippen molar-refractivity contribution in [3.05, 3.63) is 33.8 Å². The van der Waals surface area contributed by atoms with E-state index in [-0.39, 0.29) is 19.4 Å². The normalized spacial score (nSPS) is 21.7. The fourth-order valence-electron chi connectivity index (χ4n) is 2.03. The maximum Gasteiger partial charge on any atom is 0.331 e. The van der Waals surface area contributed by atoms with Gasteiger partial charge in [-0.25, -0.2) is 4.79 Å². The number of carboxylic acids is 1. The van der Waals surface area contributed by atoms with E-state index in [4.69, 9.17) is 27.9 Å². The van der Waals surface area contributed by atoms with Crippen molar-refractivity contribution in [2.24, 2.45) is 0 Å². The summed E-state index contributed by atoms with van der Waals surface area (Å²) >= 11 is 11.8. The minimum atomic E-state index is -1.34. The van der Waals surface area contributed by atoms with Gasteiger partial charge in [-0.15, -0.1) is 0 Å². The summed E-state index contributed by atoms with van der Waals surface area (Å²) in [6, 6.07) is 4.81. The number of carbonyl (C=O) groups is 2. The summed E-state index contributed by atoms with van der Waals surface area (Å²) in [5, 5.41) is 12.6. The molecule has 1 heterocycles. The minimum absolute atomic E-state index is 0.00890. The molecule has 0 bridgehead atoms. The van der Waals surface area contributed by atoms with Crippen molar-refractivity contribution in [3.63, 3.8) is 0 Å². The average Bonchev–Trinajstić information content (AvgIpc) is 2.82. The molecule has 1 amide bonds. The molecule has 1 saturated heterocycles. The molecule has 1 aliphatic heterocycles. The van der Waals surface area contributed by atoms with E-state index in [1.54, 1.807) is 12.1 Å². The van der Waals surface area contributed by atoms with Crippen molar-refractivity contribution in [1.29, 1.82) is 0 Å². The van der Waals surface area contributed by atoms with Crippen molar-refractivity contribution >= 4 is 35.1 Å². The van der Waals surface area contributed by atoms with Gasteiger partial charge in [0.25, 0.3) is 0 Å². The lowest BCUT2D eigenvalue weighted by Crippen LogP contribution is -2.55. The second-order valence-corrected chi connectivity index (χ2v) is 5.49. The lowest BCUT2D eigenvalue weighted by molar-refractivity contribution is -0.147. The van der Waals surface area contributed by atoms with E-state index < -0.39 is 17.4 Å².